The normalized spacial score (nSPS) is 55.4. The zero-order chi connectivity index (χ0) is 48.0. The molecule has 0 spiro atoms. The summed E-state index contributed by atoms with van der Waals surface area (Å²) in [4.78, 5) is 0. The van der Waals surface area contributed by atoms with Crippen LogP contribution in [-0.4, -0.2) is 316 Å². The van der Waals surface area contributed by atoms with Crippen LogP contribution in [0.3, 0.4) is 0 Å². The van der Waals surface area contributed by atoms with Crippen molar-refractivity contribution in [3.05, 3.63) is 0 Å². The molecule has 22 rings (SSSR count). The van der Waals surface area contributed by atoms with Gasteiger partial charge in [-0.1, -0.05) is 0 Å². The van der Waals surface area contributed by atoms with Gasteiger partial charge in [0.1, 0.15) is 146 Å². The van der Waals surface area contributed by atoms with E-state index in [1.807, 2.05) is 0 Å². The smallest absolute Gasteiger partial charge is 0.187 e. The first-order chi connectivity index (χ1) is 31.4. The second-order valence-electron chi connectivity index (χ2n) is 16.8. The molecule has 0 saturated carbocycles. The lowest BCUT2D eigenvalue weighted by molar-refractivity contribution is -0.404. The number of ether oxygens (including phenoxy) is 12. The molecule has 12 bridgehead atoms. The van der Waals surface area contributed by atoms with Crippen molar-refractivity contribution in [3.8, 4) is 0 Å². The van der Waals surface area contributed by atoms with Gasteiger partial charge in [0.2, 0.25) is 0 Å². The molecular formula is C36H60O30. The first-order valence-electron chi connectivity index (χ1n) is 21.1. The molecule has 0 aromatic heterocycles. The van der Waals surface area contributed by atoms with E-state index < -0.39 is 224 Å². The predicted molar refractivity (Wildman–Crippen MR) is 196 cm³/mol. The molecule has 384 valence electrons. The van der Waals surface area contributed by atoms with Crippen molar-refractivity contribution in [2.24, 2.45) is 0 Å². The SMILES string of the molecule is OCC1O[C@@H]2O[C@@H]3C(CO)O[C@H](O[C@@H]4C(CO)O[C@H](O[C@@H]5C(CO)O[C@H](O[C@@H]6C(CO)O[C@H](O[C@@H]7C(CO)O[C@H](O[C@H]1C(O)C2O)C(O)C7O)C(O)C6O)C(O)C5O)C(O)C4O)C(O)C3O. The molecular weight excluding hydrogens is 912 g/mol. The average molecular weight is 973 g/mol. The van der Waals surface area contributed by atoms with E-state index in [-0.39, 0.29) is 0 Å². The number of aliphatic hydroxyl groups excluding tert-OH is 18. The molecule has 30 nitrogen and oxygen atoms in total. The maximum absolute atomic E-state index is 11.2. The summed E-state index contributed by atoms with van der Waals surface area (Å²) in [6.45, 7) is -5.99. The molecule has 18 N–H and O–H groups in total. The third kappa shape index (κ3) is 10.0. The van der Waals surface area contributed by atoms with Gasteiger partial charge in [0, 0.05) is 0 Å². The van der Waals surface area contributed by atoms with E-state index in [2.05, 4.69) is 0 Å². The Balaban J connectivity index is 1.19. The molecule has 22 heterocycles. The summed E-state index contributed by atoms with van der Waals surface area (Å²) >= 11 is 0. The fraction of sp³-hybridized carbons (Fsp3) is 1.00. The highest BCUT2D eigenvalue weighted by atomic mass is 16.8. The second kappa shape index (κ2) is 22.1. The lowest BCUT2D eigenvalue weighted by Crippen LogP contribution is -2.69. The van der Waals surface area contributed by atoms with E-state index in [0.29, 0.717) is 0 Å². The Bertz CT molecular complexity index is 1230. The van der Waals surface area contributed by atoms with Crippen LogP contribution in [0.4, 0.5) is 0 Å². The van der Waals surface area contributed by atoms with Crippen molar-refractivity contribution in [2.75, 3.05) is 39.6 Å². The molecule has 18 unspecified atom stereocenters. The van der Waals surface area contributed by atoms with Gasteiger partial charge in [-0.15, -0.1) is 0 Å². The summed E-state index contributed by atoms with van der Waals surface area (Å²) in [5.41, 5.74) is 0. The van der Waals surface area contributed by atoms with Gasteiger partial charge in [-0.05, 0) is 0 Å². The summed E-state index contributed by atoms with van der Waals surface area (Å²) in [6, 6.07) is 0. The van der Waals surface area contributed by atoms with Crippen LogP contribution in [0.2, 0.25) is 0 Å². The number of hydrogen-bond donors (Lipinski definition) is 18. The Morgan fingerprint density at radius 3 is 0.409 bits per heavy atom. The largest absolute Gasteiger partial charge is 0.394 e. The summed E-state index contributed by atoms with van der Waals surface area (Å²) in [5.74, 6) is 0. The van der Waals surface area contributed by atoms with Gasteiger partial charge < -0.3 is 149 Å². The minimum atomic E-state index is -2.15. The Kier molecular flexibility index (Phi) is 17.6. The van der Waals surface area contributed by atoms with Crippen LogP contribution in [0.1, 0.15) is 0 Å². The second-order valence-corrected chi connectivity index (χ2v) is 16.8. The summed E-state index contributed by atoms with van der Waals surface area (Å²) in [6.07, 6.45) is -58.5. The van der Waals surface area contributed by atoms with E-state index >= 15 is 0 Å². The van der Waals surface area contributed by atoms with E-state index in [1.165, 1.54) is 0 Å². The van der Waals surface area contributed by atoms with Crippen molar-refractivity contribution in [3.63, 3.8) is 0 Å². The number of rotatable bonds is 6. The molecule has 0 aromatic rings. The van der Waals surface area contributed by atoms with Crippen LogP contribution in [0, 0.1) is 0 Å². The van der Waals surface area contributed by atoms with Crippen molar-refractivity contribution < 1.29 is 149 Å². The molecule has 0 aromatic carbocycles. The molecule has 30 atom stereocenters. The third-order valence-corrected chi connectivity index (χ3v) is 12.7. The Hall–Kier alpha value is -1.20. The van der Waals surface area contributed by atoms with Crippen LogP contribution in [0.5, 0.6) is 0 Å². The highest BCUT2D eigenvalue weighted by Gasteiger charge is 2.58. The van der Waals surface area contributed by atoms with E-state index in [9.17, 15) is 91.9 Å². The molecule has 0 aliphatic carbocycles. The quantitative estimate of drug-likeness (QED) is 0.117. The van der Waals surface area contributed by atoms with Crippen molar-refractivity contribution >= 4 is 0 Å². The highest BCUT2D eigenvalue weighted by molar-refractivity contribution is 5.01. The zero-order valence-corrected chi connectivity index (χ0v) is 34.5. The summed E-state index contributed by atoms with van der Waals surface area (Å²) < 4.78 is 67.9. The molecule has 22 saturated heterocycles. The molecule has 30 heteroatoms. The number of aliphatic hydroxyl groups is 18. The van der Waals surface area contributed by atoms with Gasteiger partial charge in [-0.2, -0.15) is 0 Å². The van der Waals surface area contributed by atoms with Crippen LogP contribution in [-0.2, 0) is 56.8 Å². The monoisotopic (exact) mass is 972 g/mol. The predicted octanol–water partition coefficient (Wildman–Crippen LogP) is -13.1. The third-order valence-electron chi connectivity index (χ3n) is 12.7. The lowest BCUT2D eigenvalue weighted by Gasteiger charge is -2.50. The highest BCUT2D eigenvalue weighted by Crippen LogP contribution is 2.38. The zero-order valence-electron chi connectivity index (χ0n) is 34.5. The van der Waals surface area contributed by atoms with Crippen LogP contribution in [0.15, 0.2) is 0 Å². The van der Waals surface area contributed by atoms with Crippen LogP contribution < -0.4 is 0 Å². The minimum Gasteiger partial charge on any atom is -0.394 e. The van der Waals surface area contributed by atoms with Crippen LogP contribution in [0.25, 0.3) is 0 Å². The van der Waals surface area contributed by atoms with E-state index in [1.54, 1.807) is 0 Å². The summed E-state index contributed by atoms with van der Waals surface area (Å²) in [5, 5.41) is 196. The maximum Gasteiger partial charge on any atom is 0.187 e. The van der Waals surface area contributed by atoms with Gasteiger partial charge in [0.25, 0.3) is 0 Å². The fourth-order valence-electron chi connectivity index (χ4n) is 8.93. The first-order valence-corrected chi connectivity index (χ1v) is 21.1. The molecule has 22 aliphatic rings. The van der Waals surface area contributed by atoms with Crippen LogP contribution >= 0.6 is 0 Å². The van der Waals surface area contributed by atoms with Crippen molar-refractivity contribution in [1.29, 1.82) is 0 Å². The van der Waals surface area contributed by atoms with E-state index in [4.69, 9.17) is 56.8 Å². The van der Waals surface area contributed by atoms with Crippen molar-refractivity contribution in [1.82, 2.24) is 0 Å². The maximum atomic E-state index is 11.2. The molecule has 0 radical (unpaired) electrons. The number of hydrogen-bond acceptors (Lipinski definition) is 30. The van der Waals surface area contributed by atoms with Gasteiger partial charge in [-0.25, -0.2) is 0 Å². The van der Waals surface area contributed by atoms with Gasteiger partial charge in [0.05, 0.1) is 39.6 Å². The molecule has 66 heavy (non-hydrogen) atoms. The van der Waals surface area contributed by atoms with Gasteiger partial charge in [-0.3, -0.25) is 0 Å². The standard InChI is InChI=1S/C36H60O30/c37-1-7-25-13(43)19(49)31(55-7)62-26-8(2-38)57-33(21(51)15(26)45)64-28-10(4-40)59-35(23(53)17(28)47)66-30-12(6-42)60-36(24(54)18(30)48)65-29-11(5-41)58-34(22(52)16(29)46)63-27-9(3-39)56-32(61-25)20(50)14(27)44/h7-54H,1-6H2/t7?,8?,9?,10?,11?,12?,13?,14?,15?,16?,17?,18?,19?,20?,21?,22?,23?,24?,25-,26-,27-,28-,29-,30-,31-,32-,33-,34-,35-,36-/m1/s1. The van der Waals surface area contributed by atoms with Crippen molar-refractivity contribution in [2.45, 2.75) is 184 Å². The summed E-state index contributed by atoms with van der Waals surface area (Å²) in [7, 11) is 0. The Labute approximate surface area is 372 Å². The van der Waals surface area contributed by atoms with E-state index in [0.717, 1.165) is 0 Å². The van der Waals surface area contributed by atoms with Gasteiger partial charge in [0.15, 0.2) is 37.7 Å². The average Bonchev–Trinajstić information content (AvgIpc) is 3.31. The molecule has 22 fully saturated rings. The lowest BCUT2D eigenvalue weighted by atomic mass is 9.94. The fourth-order valence-corrected chi connectivity index (χ4v) is 8.93. The molecule has 22 aliphatic heterocycles. The first kappa shape index (κ1) is 52.6. The van der Waals surface area contributed by atoms with Gasteiger partial charge >= 0.3 is 0 Å². The topological polar surface area (TPSA) is 475 Å². The minimum absolute atomic E-state index is 0.999. The Morgan fingerprint density at radius 1 is 0.182 bits per heavy atom. The Morgan fingerprint density at radius 2 is 0.303 bits per heavy atom. The molecule has 0 amide bonds.